The van der Waals surface area contributed by atoms with Crippen molar-refractivity contribution in [2.75, 3.05) is 25.6 Å². The molecule has 30 heavy (non-hydrogen) atoms. The Balaban J connectivity index is 1.67. The highest BCUT2D eigenvalue weighted by Crippen LogP contribution is 2.27. The first-order valence-electron chi connectivity index (χ1n) is 9.60. The van der Waals surface area contributed by atoms with Gasteiger partial charge in [-0.3, -0.25) is 4.79 Å². The lowest BCUT2D eigenvalue weighted by Gasteiger charge is -2.37. The molecule has 0 spiro atoms. The molecule has 3 rings (SSSR count). The summed E-state index contributed by atoms with van der Waals surface area (Å²) >= 11 is 6.34. The Bertz CT molecular complexity index is 960. The van der Waals surface area contributed by atoms with Crippen molar-refractivity contribution in [1.29, 1.82) is 0 Å². The van der Waals surface area contributed by atoms with Crippen LogP contribution in [0.2, 0.25) is 5.02 Å². The minimum Gasteiger partial charge on any atom is -0.469 e. The number of urea groups is 1. The van der Waals surface area contributed by atoms with E-state index >= 15 is 0 Å². The monoisotopic (exact) mass is 426 g/mol. The largest absolute Gasteiger partial charge is 0.469 e. The van der Waals surface area contributed by atoms with Crippen molar-refractivity contribution in [2.45, 2.75) is 24.8 Å². The molecule has 1 heterocycles. The van der Waals surface area contributed by atoms with Crippen molar-refractivity contribution < 1.29 is 19.1 Å². The predicted molar refractivity (Wildman–Crippen MR) is 115 cm³/mol. The Labute approximate surface area is 180 Å². The van der Waals surface area contributed by atoms with Gasteiger partial charge in [0.25, 0.3) is 0 Å². The number of rotatable bonds is 4. The number of esters is 1. The molecule has 1 aliphatic rings. The molecule has 1 saturated heterocycles. The zero-order chi connectivity index (χ0) is 21.4. The van der Waals surface area contributed by atoms with E-state index in [4.69, 9.17) is 21.1 Å². The van der Waals surface area contributed by atoms with E-state index in [2.05, 4.69) is 22.5 Å². The second kappa shape index (κ2) is 10.1. The molecule has 0 aromatic heterocycles. The van der Waals surface area contributed by atoms with Crippen LogP contribution in [0.4, 0.5) is 10.5 Å². The number of benzene rings is 2. The first kappa shape index (κ1) is 21.7. The lowest BCUT2D eigenvalue weighted by Crippen LogP contribution is -2.54. The Hall–Kier alpha value is -3.01. The van der Waals surface area contributed by atoms with E-state index in [0.717, 1.165) is 11.1 Å². The van der Waals surface area contributed by atoms with E-state index < -0.39 is 11.6 Å². The van der Waals surface area contributed by atoms with Crippen molar-refractivity contribution in [3.05, 3.63) is 64.7 Å². The number of carbonyl (C=O) groups excluding carboxylic acids is 2. The fourth-order valence-electron chi connectivity index (χ4n) is 3.21. The van der Waals surface area contributed by atoms with Crippen LogP contribution in [-0.4, -0.2) is 37.9 Å². The van der Waals surface area contributed by atoms with Gasteiger partial charge in [-0.15, -0.1) is 0 Å². The van der Waals surface area contributed by atoms with Gasteiger partial charge in [-0.2, -0.15) is 0 Å². The summed E-state index contributed by atoms with van der Waals surface area (Å²) in [5, 5.41) is 6.04. The molecule has 0 radical (unpaired) electrons. The third kappa shape index (κ3) is 5.99. The van der Waals surface area contributed by atoms with E-state index in [1.54, 1.807) is 18.2 Å². The van der Waals surface area contributed by atoms with Crippen LogP contribution in [0, 0.1) is 11.8 Å². The van der Waals surface area contributed by atoms with Gasteiger partial charge in [0.15, 0.2) is 0 Å². The van der Waals surface area contributed by atoms with E-state index in [9.17, 15) is 9.59 Å². The van der Waals surface area contributed by atoms with Crippen molar-refractivity contribution in [3.8, 4) is 11.8 Å². The zero-order valence-corrected chi connectivity index (χ0v) is 17.4. The SMILES string of the molecule is COC(=O)CC1(NC(=O)Nc2ccc(C#Cc3ccccc3)cc2Cl)CCOCC1. The topological polar surface area (TPSA) is 76.7 Å². The molecule has 2 N–H and O–H groups in total. The first-order chi connectivity index (χ1) is 14.5. The van der Waals surface area contributed by atoms with Gasteiger partial charge in [-0.25, -0.2) is 4.79 Å². The normalized spacial score (nSPS) is 14.7. The van der Waals surface area contributed by atoms with E-state index in [-0.39, 0.29) is 12.4 Å². The van der Waals surface area contributed by atoms with Gasteiger partial charge < -0.3 is 20.1 Å². The number of anilines is 1. The van der Waals surface area contributed by atoms with Crippen molar-refractivity contribution in [2.24, 2.45) is 0 Å². The van der Waals surface area contributed by atoms with Crippen LogP contribution in [0.3, 0.4) is 0 Å². The summed E-state index contributed by atoms with van der Waals surface area (Å²) in [5.74, 6) is 5.74. The number of amides is 2. The number of halogens is 1. The van der Waals surface area contributed by atoms with Gasteiger partial charge in [0, 0.05) is 24.3 Å². The Morgan fingerprint density at radius 3 is 2.47 bits per heavy atom. The number of hydrogen-bond acceptors (Lipinski definition) is 4. The summed E-state index contributed by atoms with van der Waals surface area (Å²) in [7, 11) is 1.33. The molecule has 0 unspecified atom stereocenters. The van der Waals surface area contributed by atoms with Crippen LogP contribution in [0.15, 0.2) is 48.5 Å². The Kier molecular flexibility index (Phi) is 7.34. The molecule has 6 nitrogen and oxygen atoms in total. The van der Waals surface area contributed by atoms with Crippen LogP contribution < -0.4 is 10.6 Å². The van der Waals surface area contributed by atoms with Gasteiger partial charge >= 0.3 is 12.0 Å². The van der Waals surface area contributed by atoms with Crippen LogP contribution >= 0.6 is 11.6 Å². The molecule has 0 saturated carbocycles. The lowest BCUT2D eigenvalue weighted by atomic mass is 9.86. The summed E-state index contributed by atoms with van der Waals surface area (Å²) in [6.07, 6.45) is 1.14. The van der Waals surface area contributed by atoms with E-state index in [1.165, 1.54) is 7.11 Å². The Morgan fingerprint density at radius 1 is 1.10 bits per heavy atom. The molecule has 1 fully saturated rings. The molecule has 1 aliphatic heterocycles. The van der Waals surface area contributed by atoms with E-state index in [1.807, 2.05) is 30.3 Å². The lowest BCUT2D eigenvalue weighted by molar-refractivity contribution is -0.143. The van der Waals surface area contributed by atoms with Gasteiger partial charge in [0.05, 0.1) is 29.8 Å². The van der Waals surface area contributed by atoms with Gasteiger partial charge in [0.1, 0.15) is 0 Å². The quantitative estimate of drug-likeness (QED) is 0.572. The summed E-state index contributed by atoms with van der Waals surface area (Å²) < 4.78 is 10.1. The standard InChI is InChI=1S/C23H23ClN2O4/c1-29-21(27)16-23(11-13-30-14-12-23)26-22(28)25-20-10-9-18(15-19(20)24)8-7-17-5-3-2-4-6-17/h2-6,9-10,15H,11-14,16H2,1H3,(H2,25,26,28). The summed E-state index contributed by atoms with van der Waals surface area (Å²) in [4.78, 5) is 24.4. The number of ether oxygens (including phenoxy) is 2. The van der Waals surface area contributed by atoms with Crippen LogP contribution in [-0.2, 0) is 14.3 Å². The molecular weight excluding hydrogens is 404 g/mol. The third-order valence-electron chi connectivity index (χ3n) is 4.88. The molecule has 7 heteroatoms. The first-order valence-corrected chi connectivity index (χ1v) is 9.98. The van der Waals surface area contributed by atoms with Crippen molar-refractivity contribution >= 4 is 29.3 Å². The fraction of sp³-hybridized carbons (Fsp3) is 0.304. The van der Waals surface area contributed by atoms with Crippen molar-refractivity contribution in [1.82, 2.24) is 5.32 Å². The summed E-state index contributed by atoms with van der Waals surface area (Å²) in [5.41, 5.74) is 1.40. The molecule has 0 aliphatic carbocycles. The molecular formula is C23H23ClN2O4. The van der Waals surface area contributed by atoms with Gasteiger partial charge in [-0.05, 0) is 43.2 Å². The highest BCUT2D eigenvalue weighted by Gasteiger charge is 2.37. The zero-order valence-electron chi connectivity index (χ0n) is 16.7. The second-order valence-electron chi connectivity index (χ2n) is 7.04. The predicted octanol–water partition coefficient (Wildman–Crippen LogP) is 3.97. The van der Waals surface area contributed by atoms with E-state index in [0.29, 0.717) is 36.8 Å². The summed E-state index contributed by atoms with van der Waals surface area (Å²) in [6.45, 7) is 0.930. The molecule has 0 bridgehead atoms. The molecule has 0 atom stereocenters. The number of carbonyl (C=O) groups is 2. The average molecular weight is 427 g/mol. The maximum absolute atomic E-state index is 12.6. The molecule has 156 valence electrons. The minimum absolute atomic E-state index is 0.0853. The third-order valence-corrected chi connectivity index (χ3v) is 5.19. The van der Waals surface area contributed by atoms with Crippen molar-refractivity contribution in [3.63, 3.8) is 0 Å². The smallest absolute Gasteiger partial charge is 0.319 e. The van der Waals surface area contributed by atoms with Gasteiger partial charge in [-0.1, -0.05) is 41.6 Å². The minimum atomic E-state index is -0.705. The highest BCUT2D eigenvalue weighted by molar-refractivity contribution is 6.33. The second-order valence-corrected chi connectivity index (χ2v) is 7.44. The molecule has 2 aromatic rings. The maximum atomic E-state index is 12.6. The fourth-order valence-corrected chi connectivity index (χ4v) is 3.44. The molecule has 2 amide bonds. The van der Waals surface area contributed by atoms with Crippen LogP contribution in [0.25, 0.3) is 0 Å². The summed E-state index contributed by atoms with van der Waals surface area (Å²) in [6, 6.07) is 14.4. The van der Waals surface area contributed by atoms with Gasteiger partial charge in [0.2, 0.25) is 0 Å². The maximum Gasteiger partial charge on any atom is 0.319 e. The number of methoxy groups -OCH3 is 1. The average Bonchev–Trinajstić information content (AvgIpc) is 2.75. The van der Waals surface area contributed by atoms with Crippen LogP contribution in [0.1, 0.15) is 30.4 Å². The molecule has 2 aromatic carbocycles. The number of hydrogen-bond donors (Lipinski definition) is 2. The van der Waals surface area contributed by atoms with Crippen LogP contribution in [0.5, 0.6) is 0 Å². The Morgan fingerprint density at radius 2 is 1.80 bits per heavy atom. The number of nitrogens with one attached hydrogen (secondary N) is 2. The highest BCUT2D eigenvalue weighted by atomic mass is 35.5.